The molecule has 0 saturated carbocycles. The predicted octanol–water partition coefficient (Wildman–Crippen LogP) is 4.50. The Labute approximate surface area is 175 Å². The number of nitrogens with zero attached hydrogens (tertiary/aromatic N) is 1. The molecule has 2 aromatic rings. The summed E-state index contributed by atoms with van der Waals surface area (Å²) in [7, 11) is 0. The van der Waals surface area contributed by atoms with Crippen LogP contribution in [-0.4, -0.2) is 11.8 Å². The van der Waals surface area contributed by atoms with Crippen molar-refractivity contribution in [3.63, 3.8) is 0 Å². The number of Topliss-reactive ketones (excluding diaryl/α,β-unsaturated/α-hetero) is 1. The Morgan fingerprint density at radius 3 is 2.40 bits per heavy atom. The minimum Gasteiger partial charge on any atom is -0.427 e. The molecule has 1 heterocycles. The van der Waals surface area contributed by atoms with E-state index in [4.69, 9.17) is 4.74 Å². The monoisotopic (exact) mass is 398 g/mol. The molecule has 0 radical (unpaired) electrons. The van der Waals surface area contributed by atoms with Crippen molar-refractivity contribution in [3.8, 4) is 11.8 Å². The lowest BCUT2D eigenvalue weighted by Gasteiger charge is -2.35. The number of hydrogen-bond acceptors (Lipinski definition) is 5. The van der Waals surface area contributed by atoms with Crippen LogP contribution in [0.2, 0.25) is 0 Å². The topological polar surface area (TPSA) is 79.2 Å². The van der Waals surface area contributed by atoms with Gasteiger partial charge in [0.15, 0.2) is 5.78 Å². The van der Waals surface area contributed by atoms with Gasteiger partial charge in [0.2, 0.25) is 0 Å². The Morgan fingerprint density at radius 1 is 1.07 bits per heavy atom. The molecule has 0 saturated heterocycles. The molecular weight excluding hydrogens is 376 g/mol. The molecule has 0 spiro atoms. The summed E-state index contributed by atoms with van der Waals surface area (Å²) < 4.78 is 5.11. The number of carbonyl (C=O) groups is 2. The summed E-state index contributed by atoms with van der Waals surface area (Å²) in [5, 5.41) is 13.2. The van der Waals surface area contributed by atoms with E-state index in [-0.39, 0.29) is 11.7 Å². The van der Waals surface area contributed by atoms with E-state index in [9.17, 15) is 14.9 Å². The number of esters is 1. The van der Waals surface area contributed by atoms with Crippen LogP contribution in [0.1, 0.15) is 49.7 Å². The Morgan fingerprint density at radius 2 is 1.77 bits per heavy atom. The SMILES string of the molecule is CC(=O)Oc1ccc([C@H]2C(C#N)=C(C)NC3=C2C(=O)C[C@@H](c2ccccc2)C3)cc1. The zero-order chi connectivity index (χ0) is 21.3. The van der Waals surface area contributed by atoms with Crippen LogP contribution in [0.15, 0.2) is 77.1 Å². The number of carbonyl (C=O) groups excluding carboxylic acids is 2. The van der Waals surface area contributed by atoms with E-state index in [1.165, 1.54) is 6.92 Å². The minimum absolute atomic E-state index is 0.0620. The fourth-order valence-corrected chi connectivity index (χ4v) is 4.38. The summed E-state index contributed by atoms with van der Waals surface area (Å²) in [4.78, 5) is 24.5. The maximum absolute atomic E-state index is 13.3. The number of nitriles is 1. The lowest BCUT2D eigenvalue weighted by molar-refractivity contribution is -0.131. The zero-order valence-electron chi connectivity index (χ0n) is 16.9. The number of hydrogen-bond donors (Lipinski definition) is 1. The van der Waals surface area contributed by atoms with Crippen molar-refractivity contribution in [2.45, 2.75) is 38.5 Å². The molecule has 150 valence electrons. The molecule has 1 N–H and O–H groups in total. The number of nitrogens with one attached hydrogen (secondary N) is 1. The summed E-state index contributed by atoms with van der Waals surface area (Å²) in [5.74, 6) is -0.188. The number of ketones is 1. The molecule has 1 aliphatic carbocycles. The van der Waals surface area contributed by atoms with Gasteiger partial charge in [-0.05, 0) is 42.5 Å². The standard InChI is InChI=1S/C25H22N2O3/c1-15-21(14-26)24(18-8-10-20(11-9-18)30-16(2)28)25-22(27-15)12-19(13-23(25)29)17-6-4-3-5-7-17/h3-11,19,24,27H,12-13H2,1-2H3/t19-,24-/m0/s1. The third-order valence-corrected chi connectivity index (χ3v) is 5.69. The van der Waals surface area contributed by atoms with Gasteiger partial charge in [0.05, 0.1) is 17.6 Å². The maximum Gasteiger partial charge on any atom is 0.308 e. The summed E-state index contributed by atoms with van der Waals surface area (Å²) in [6.07, 6.45) is 1.15. The second kappa shape index (κ2) is 8.00. The van der Waals surface area contributed by atoms with E-state index in [1.54, 1.807) is 12.1 Å². The zero-order valence-corrected chi connectivity index (χ0v) is 16.9. The molecule has 5 nitrogen and oxygen atoms in total. The van der Waals surface area contributed by atoms with E-state index in [2.05, 4.69) is 23.5 Å². The minimum atomic E-state index is -0.415. The third-order valence-electron chi connectivity index (χ3n) is 5.69. The Balaban J connectivity index is 1.73. The highest BCUT2D eigenvalue weighted by atomic mass is 16.5. The van der Waals surface area contributed by atoms with Crippen LogP contribution >= 0.6 is 0 Å². The Hall–Kier alpha value is -3.65. The van der Waals surface area contributed by atoms with Crippen molar-refractivity contribution in [2.75, 3.05) is 0 Å². The van der Waals surface area contributed by atoms with Gasteiger partial charge in [-0.15, -0.1) is 0 Å². The van der Waals surface area contributed by atoms with Crippen molar-refractivity contribution < 1.29 is 14.3 Å². The van der Waals surface area contributed by atoms with Gasteiger partial charge in [-0.1, -0.05) is 42.5 Å². The van der Waals surface area contributed by atoms with Gasteiger partial charge in [0, 0.05) is 30.3 Å². The number of dihydropyridines is 1. The Bertz CT molecular complexity index is 1110. The fraction of sp³-hybridized carbons (Fsp3) is 0.240. The predicted molar refractivity (Wildman–Crippen MR) is 112 cm³/mol. The number of rotatable bonds is 3. The highest BCUT2D eigenvalue weighted by Crippen LogP contribution is 2.45. The normalized spacial score (nSPS) is 20.9. The van der Waals surface area contributed by atoms with Crippen LogP contribution in [0.5, 0.6) is 5.75 Å². The van der Waals surface area contributed by atoms with E-state index >= 15 is 0 Å². The molecule has 5 heteroatoms. The first-order valence-corrected chi connectivity index (χ1v) is 9.95. The highest BCUT2D eigenvalue weighted by molar-refractivity contribution is 6.00. The smallest absolute Gasteiger partial charge is 0.308 e. The van der Waals surface area contributed by atoms with Gasteiger partial charge >= 0.3 is 5.97 Å². The first-order valence-electron chi connectivity index (χ1n) is 9.95. The average molecular weight is 398 g/mol. The summed E-state index contributed by atoms with van der Waals surface area (Å²) in [6.45, 7) is 3.22. The molecule has 2 aliphatic rings. The fourth-order valence-electron chi connectivity index (χ4n) is 4.38. The first-order chi connectivity index (χ1) is 14.5. The molecule has 0 amide bonds. The number of allylic oxidation sites excluding steroid dienone is 4. The lowest BCUT2D eigenvalue weighted by atomic mass is 9.72. The molecule has 30 heavy (non-hydrogen) atoms. The Kier molecular flexibility index (Phi) is 5.24. The van der Waals surface area contributed by atoms with Crippen LogP contribution in [-0.2, 0) is 9.59 Å². The number of benzene rings is 2. The molecule has 0 fully saturated rings. The third kappa shape index (κ3) is 3.65. The molecule has 1 aliphatic heterocycles. The van der Waals surface area contributed by atoms with Crippen molar-refractivity contribution in [3.05, 3.63) is 88.3 Å². The van der Waals surface area contributed by atoms with Crippen LogP contribution in [0.4, 0.5) is 0 Å². The highest BCUT2D eigenvalue weighted by Gasteiger charge is 2.38. The van der Waals surface area contributed by atoms with Crippen molar-refractivity contribution in [1.29, 1.82) is 5.26 Å². The van der Waals surface area contributed by atoms with E-state index in [1.807, 2.05) is 37.3 Å². The molecule has 4 rings (SSSR count). The first kappa shape index (κ1) is 19.7. The number of ether oxygens (including phenoxy) is 1. The maximum atomic E-state index is 13.3. The van der Waals surface area contributed by atoms with Crippen LogP contribution < -0.4 is 10.1 Å². The quantitative estimate of drug-likeness (QED) is 0.608. The van der Waals surface area contributed by atoms with E-state index < -0.39 is 11.9 Å². The van der Waals surface area contributed by atoms with Gasteiger partial charge in [-0.2, -0.15) is 5.26 Å². The molecule has 0 aromatic heterocycles. The van der Waals surface area contributed by atoms with Gasteiger partial charge < -0.3 is 10.1 Å². The second-order valence-electron chi connectivity index (χ2n) is 7.70. The van der Waals surface area contributed by atoms with Crippen LogP contribution in [0, 0.1) is 11.3 Å². The van der Waals surface area contributed by atoms with Gasteiger partial charge in [-0.25, -0.2) is 0 Å². The van der Waals surface area contributed by atoms with Gasteiger partial charge in [0.1, 0.15) is 5.75 Å². The average Bonchev–Trinajstić information content (AvgIpc) is 2.73. The van der Waals surface area contributed by atoms with Crippen molar-refractivity contribution in [1.82, 2.24) is 5.32 Å². The van der Waals surface area contributed by atoms with Gasteiger partial charge in [-0.3, -0.25) is 9.59 Å². The largest absolute Gasteiger partial charge is 0.427 e. The van der Waals surface area contributed by atoms with Crippen molar-refractivity contribution >= 4 is 11.8 Å². The molecule has 0 unspecified atom stereocenters. The summed E-state index contributed by atoms with van der Waals surface area (Å²) >= 11 is 0. The van der Waals surface area contributed by atoms with Gasteiger partial charge in [0.25, 0.3) is 0 Å². The van der Waals surface area contributed by atoms with Crippen LogP contribution in [0.25, 0.3) is 0 Å². The molecule has 0 bridgehead atoms. The van der Waals surface area contributed by atoms with E-state index in [0.29, 0.717) is 23.3 Å². The molecule has 2 aromatic carbocycles. The van der Waals surface area contributed by atoms with Crippen molar-refractivity contribution in [2.24, 2.45) is 0 Å². The van der Waals surface area contributed by atoms with E-state index in [0.717, 1.165) is 28.9 Å². The molecular formula is C25H22N2O3. The summed E-state index contributed by atoms with van der Waals surface area (Å²) in [5.41, 5.74) is 4.86. The van der Waals surface area contributed by atoms with Crippen LogP contribution in [0.3, 0.4) is 0 Å². The molecule has 2 atom stereocenters. The second-order valence-corrected chi connectivity index (χ2v) is 7.70. The summed E-state index contributed by atoms with van der Waals surface area (Å²) in [6, 6.07) is 19.4. The lowest BCUT2D eigenvalue weighted by Crippen LogP contribution is -2.33.